The van der Waals surface area contributed by atoms with Crippen molar-refractivity contribution in [3.05, 3.63) is 42.2 Å². The first-order valence-corrected chi connectivity index (χ1v) is 8.48. The molecule has 0 saturated carbocycles. The van der Waals surface area contributed by atoms with Crippen molar-refractivity contribution in [2.24, 2.45) is 0 Å². The Balaban J connectivity index is 2.28. The van der Waals surface area contributed by atoms with Gasteiger partial charge in [-0.15, -0.1) is 6.58 Å². The second kappa shape index (κ2) is 6.27. The number of carboxylic acids is 1. The molecule has 7 nitrogen and oxygen atoms in total. The zero-order valence-corrected chi connectivity index (χ0v) is 12.6. The molecule has 2 heterocycles. The summed E-state index contributed by atoms with van der Waals surface area (Å²) >= 11 is 0. The van der Waals surface area contributed by atoms with Crippen molar-refractivity contribution in [2.75, 3.05) is 18.1 Å². The van der Waals surface area contributed by atoms with E-state index in [0.29, 0.717) is 6.42 Å². The van der Waals surface area contributed by atoms with Crippen molar-refractivity contribution in [3.63, 3.8) is 0 Å². The van der Waals surface area contributed by atoms with Crippen molar-refractivity contribution in [2.45, 2.75) is 12.5 Å². The molecular formula is C14H16N2O5S. The minimum absolute atomic E-state index is 0.0509. The molecule has 1 N–H and O–H groups in total. The first-order valence-electron chi connectivity index (χ1n) is 6.65. The van der Waals surface area contributed by atoms with Crippen molar-refractivity contribution in [1.29, 1.82) is 0 Å². The molecule has 8 heteroatoms. The molecule has 1 amide bonds. The van der Waals surface area contributed by atoms with Crippen LogP contribution in [0.2, 0.25) is 0 Å². The summed E-state index contributed by atoms with van der Waals surface area (Å²) in [6.07, 6.45) is 3.13. The monoisotopic (exact) mass is 324 g/mol. The van der Waals surface area contributed by atoms with Crippen LogP contribution < -0.4 is 0 Å². The third-order valence-corrected chi connectivity index (χ3v) is 5.21. The van der Waals surface area contributed by atoms with Gasteiger partial charge in [0.05, 0.1) is 11.5 Å². The SMILES string of the molecule is C=CCN(C(=O)c1ccnc(C(=O)O)c1)C1CCS(=O)(=O)C1. The zero-order chi connectivity index (χ0) is 16.3. The van der Waals surface area contributed by atoms with Crippen LogP contribution in [0.4, 0.5) is 0 Å². The molecule has 0 bridgehead atoms. The molecule has 1 unspecified atom stereocenters. The van der Waals surface area contributed by atoms with E-state index in [0.717, 1.165) is 0 Å². The number of carbonyl (C=O) groups is 2. The molecule has 1 atom stereocenters. The maximum atomic E-state index is 12.6. The molecule has 0 spiro atoms. The minimum Gasteiger partial charge on any atom is -0.477 e. The van der Waals surface area contributed by atoms with Gasteiger partial charge in [0, 0.05) is 24.3 Å². The number of pyridine rings is 1. The van der Waals surface area contributed by atoms with E-state index in [9.17, 15) is 18.0 Å². The van der Waals surface area contributed by atoms with Crippen LogP contribution in [0.1, 0.15) is 27.3 Å². The highest BCUT2D eigenvalue weighted by molar-refractivity contribution is 7.91. The first-order chi connectivity index (χ1) is 10.3. The highest BCUT2D eigenvalue weighted by Gasteiger charge is 2.34. The predicted octanol–water partition coefficient (Wildman–Crippen LogP) is 0.595. The van der Waals surface area contributed by atoms with E-state index in [-0.39, 0.29) is 29.3 Å². The maximum Gasteiger partial charge on any atom is 0.354 e. The molecular weight excluding hydrogens is 308 g/mol. The van der Waals surface area contributed by atoms with Crippen molar-refractivity contribution >= 4 is 21.7 Å². The zero-order valence-electron chi connectivity index (χ0n) is 11.8. The fourth-order valence-electron chi connectivity index (χ4n) is 2.40. The molecule has 1 saturated heterocycles. The van der Waals surface area contributed by atoms with E-state index < -0.39 is 27.8 Å². The Morgan fingerprint density at radius 3 is 2.77 bits per heavy atom. The standard InChI is InChI=1S/C14H16N2O5S/c1-2-6-16(11-4-7-22(20,21)9-11)13(17)10-3-5-15-12(8-10)14(18)19/h2-3,5,8,11H,1,4,6-7,9H2,(H,18,19). The highest BCUT2D eigenvalue weighted by Crippen LogP contribution is 2.20. The van der Waals surface area contributed by atoms with E-state index in [1.165, 1.54) is 29.3 Å². The minimum atomic E-state index is -3.13. The summed E-state index contributed by atoms with van der Waals surface area (Å²) in [4.78, 5) is 28.6. The lowest BCUT2D eigenvalue weighted by Crippen LogP contribution is -2.41. The molecule has 1 aromatic heterocycles. The lowest BCUT2D eigenvalue weighted by atomic mass is 10.1. The molecule has 1 aliphatic heterocycles. The van der Waals surface area contributed by atoms with Crippen LogP contribution in [-0.2, 0) is 9.84 Å². The van der Waals surface area contributed by atoms with Gasteiger partial charge in [0.15, 0.2) is 9.84 Å². The van der Waals surface area contributed by atoms with E-state index >= 15 is 0 Å². The van der Waals surface area contributed by atoms with Gasteiger partial charge in [0.1, 0.15) is 5.69 Å². The van der Waals surface area contributed by atoms with Gasteiger partial charge in [-0.3, -0.25) is 4.79 Å². The second-order valence-corrected chi connectivity index (χ2v) is 7.27. The number of carbonyl (C=O) groups excluding carboxylic acids is 1. The van der Waals surface area contributed by atoms with Crippen LogP contribution in [0.5, 0.6) is 0 Å². The largest absolute Gasteiger partial charge is 0.477 e. The van der Waals surface area contributed by atoms with E-state index in [4.69, 9.17) is 5.11 Å². The number of carboxylic acid groups (broad SMARTS) is 1. The summed E-state index contributed by atoms with van der Waals surface area (Å²) < 4.78 is 23.2. The van der Waals surface area contributed by atoms with Gasteiger partial charge in [-0.25, -0.2) is 18.2 Å². The molecule has 0 radical (unpaired) electrons. The average Bonchev–Trinajstić information content (AvgIpc) is 2.84. The van der Waals surface area contributed by atoms with Crippen LogP contribution >= 0.6 is 0 Å². The Hall–Kier alpha value is -2.22. The van der Waals surface area contributed by atoms with Gasteiger partial charge in [0.2, 0.25) is 0 Å². The van der Waals surface area contributed by atoms with Gasteiger partial charge < -0.3 is 10.0 Å². The van der Waals surface area contributed by atoms with E-state index in [1.807, 2.05) is 0 Å². The summed E-state index contributed by atoms with van der Waals surface area (Å²) in [6, 6.07) is 2.18. The molecule has 118 valence electrons. The Labute approximate surface area is 128 Å². The number of sulfone groups is 1. The summed E-state index contributed by atoms with van der Waals surface area (Å²) in [5.74, 6) is -1.68. The lowest BCUT2D eigenvalue weighted by molar-refractivity contribution is 0.0690. The number of aromatic carboxylic acids is 1. The van der Waals surface area contributed by atoms with E-state index in [1.54, 1.807) is 0 Å². The fraction of sp³-hybridized carbons (Fsp3) is 0.357. The Kier molecular flexibility index (Phi) is 4.60. The fourth-order valence-corrected chi connectivity index (χ4v) is 4.14. The third-order valence-electron chi connectivity index (χ3n) is 3.46. The third kappa shape index (κ3) is 3.51. The lowest BCUT2D eigenvalue weighted by Gasteiger charge is -2.27. The van der Waals surface area contributed by atoms with Gasteiger partial charge in [-0.1, -0.05) is 6.08 Å². The maximum absolute atomic E-state index is 12.6. The first kappa shape index (κ1) is 16.2. The van der Waals surface area contributed by atoms with Crippen LogP contribution in [0.15, 0.2) is 31.0 Å². The number of amides is 1. The van der Waals surface area contributed by atoms with Gasteiger partial charge in [0.25, 0.3) is 5.91 Å². The number of rotatable bonds is 5. The van der Waals surface area contributed by atoms with Gasteiger partial charge in [-0.05, 0) is 18.6 Å². The van der Waals surface area contributed by atoms with Crippen LogP contribution in [0, 0.1) is 0 Å². The highest BCUT2D eigenvalue weighted by atomic mass is 32.2. The van der Waals surface area contributed by atoms with Crippen LogP contribution in [0.3, 0.4) is 0 Å². The van der Waals surface area contributed by atoms with E-state index in [2.05, 4.69) is 11.6 Å². The predicted molar refractivity (Wildman–Crippen MR) is 79.5 cm³/mol. The summed E-state index contributed by atoms with van der Waals surface area (Å²) in [5, 5.41) is 8.93. The van der Waals surface area contributed by atoms with Gasteiger partial charge >= 0.3 is 5.97 Å². The van der Waals surface area contributed by atoms with Crippen LogP contribution in [0.25, 0.3) is 0 Å². The van der Waals surface area contributed by atoms with Crippen molar-refractivity contribution in [3.8, 4) is 0 Å². The van der Waals surface area contributed by atoms with Crippen molar-refractivity contribution in [1.82, 2.24) is 9.88 Å². The Morgan fingerprint density at radius 1 is 1.50 bits per heavy atom. The number of hydrogen-bond acceptors (Lipinski definition) is 5. The number of nitrogens with zero attached hydrogens (tertiary/aromatic N) is 2. The number of hydrogen-bond donors (Lipinski definition) is 1. The molecule has 1 fully saturated rings. The molecule has 0 aromatic carbocycles. The van der Waals surface area contributed by atoms with Gasteiger partial charge in [-0.2, -0.15) is 0 Å². The summed E-state index contributed by atoms with van der Waals surface area (Å²) in [5.41, 5.74) is -0.0676. The van der Waals surface area contributed by atoms with Crippen molar-refractivity contribution < 1.29 is 23.1 Å². The Morgan fingerprint density at radius 2 is 2.23 bits per heavy atom. The Bertz CT molecular complexity index is 714. The molecule has 1 aliphatic rings. The molecule has 2 rings (SSSR count). The molecule has 0 aliphatic carbocycles. The summed E-state index contributed by atoms with van der Waals surface area (Å²) in [7, 11) is -3.13. The van der Waals surface area contributed by atoms with Crippen LogP contribution in [-0.4, -0.2) is 59.4 Å². The molecule has 22 heavy (non-hydrogen) atoms. The summed E-state index contributed by atoms with van der Waals surface area (Å²) in [6.45, 7) is 3.78. The quantitative estimate of drug-likeness (QED) is 0.795. The molecule has 1 aromatic rings. The number of aromatic nitrogens is 1. The smallest absolute Gasteiger partial charge is 0.354 e. The second-order valence-electron chi connectivity index (χ2n) is 5.04. The average molecular weight is 324 g/mol. The topological polar surface area (TPSA) is 105 Å². The normalized spacial score (nSPS) is 19.5.